The van der Waals surface area contributed by atoms with Crippen LogP contribution in [0.1, 0.15) is 45.4 Å². The van der Waals surface area contributed by atoms with Crippen molar-refractivity contribution in [2.45, 2.75) is 51.5 Å². The lowest BCUT2D eigenvalue weighted by atomic mass is 9.48. The van der Waals surface area contributed by atoms with E-state index in [2.05, 4.69) is 37.8 Å². The summed E-state index contributed by atoms with van der Waals surface area (Å²) in [6, 6.07) is 5.65. The minimum Gasteiger partial charge on any atom is -0.364 e. The second kappa shape index (κ2) is 7.20. The Kier molecular flexibility index (Phi) is 4.54. The van der Waals surface area contributed by atoms with Crippen LogP contribution in [0.15, 0.2) is 22.8 Å². The Morgan fingerprint density at radius 2 is 1.55 bits per heavy atom. The number of fused-ring (bicyclic) bond motifs is 1. The van der Waals surface area contributed by atoms with E-state index < -0.39 is 0 Å². The van der Waals surface area contributed by atoms with Gasteiger partial charge in [0.05, 0.1) is 10.0 Å². The highest BCUT2D eigenvalue weighted by Crippen LogP contribution is 2.61. The van der Waals surface area contributed by atoms with Gasteiger partial charge in [0.1, 0.15) is 0 Å². The number of rotatable bonds is 5. The highest BCUT2D eigenvalue weighted by molar-refractivity contribution is 6.42. The molecule has 4 aliphatic rings. The zero-order valence-electron chi connectivity index (χ0n) is 17.2. The van der Waals surface area contributed by atoms with Gasteiger partial charge in [0.15, 0.2) is 11.6 Å². The number of nitrogens with one attached hydrogen (secondary N) is 2. The van der Waals surface area contributed by atoms with Gasteiger partial charge in [0, 0.05) is 11.7 Å². The molecule has 162 valence electrons. The largest absolute Gasteiger partial charge is 0.364 e. The topological polar surface area (TPSA) is 88.8 Å². The van der Waals surface area contributed by atoms with Crippen molar-refractivity contribution in [2.24, 2.45) is 23.2 Å². The van der Waals surface area contributed by atoms with Crippen LogP contribution in [0.2, 0.25) is 10.0 Å². The predicted octanol–water partition coefficient (Wildman–Crippen LogP) is 6.08. The molecule has 9 heteroatoms. The average Bonchev–Trinajstić information content (AvgIpc) is 3.17. The van der Waals surface area contributed by atoms with Crippen LogP contribution in [0.25, 0.3) is 11.3 Å². The molecule has 4 bridgehead atoms. The van der Waals surface area contributed by atoms with Gasteiger partial charge in [-0.05, 0) is 97.1 Å². The van der Waals surface area contributed by atoms with E-state index in [1.54, 1.807) is 12.1 Å². The number of aromatic nitrogens is 4. The van der Waals surface area contributed by atoms with E-state index in [0.717, 1.165) is 23.4 Å². The minimum atomic E-state index is 0.280. The van der Waals surface area contributed by atoms with E-state index in [1.165, 1.54) is 38.5 Å². The third-order valence-electron chi connectivity index (χ3n) is 7.65. The van der Waals surface area contributed by atoms with E-state index in [1.807, 2.05) is 6.07 Å². The maximum Gasteiger partial charge on any atom is 0.245 e. The SMILES string of the molecule is C[C@H](Nc1nc2nonc2nc1Nc1ccc(Cl)c(Cl)c1)C12CC3CC(CC(C3)C1)C2. The summed E-state index contributed by atoms with van der Waals surface area (Å²) in [6.45, 7) is 2.29. The fourth-order valence-corrected chi connectivity index (χ4v) is 6.90. The fourth-order valence-electron chi connectivity index (χ4n) is 6.60. The third-order valence-corrected chi connectivity index (χ3v) is 8.39. The summed E-state index contributed by atoms with van der Waals surface area (Å²) in [5.41, 5.74) is 1.84. The number of benzene rings is 1. The lowest BCUT2D eigenvalue weighted by Gasteiger charge is -2.59. The van der Waals surface area contributed by atoms with Gasteiger partial charge in [0.25, 0.3) is 0 Å². The second-order valence-electron chi connectivity index (χ2n) is 9.73. The van der Waals surface area contributed by atoms with Crippen LogP contribution >= 0.6 is 23.2 Å². The lowest BCUT2D eigenvalue weighted by molar-refractivity contribution is -0.0602. The Morgan fingerprint density at radius 3 is 2.16 bits per heavy atom. The number of nitrogens with zero attached hydrogens (tertiary/aromatic N) is 4. The molecule has 2 heterocycles. The van der Waals surface area contributed by atoms with Crippen molar-refractivity contribution in [3.8, 4) is 0 Å². The molecule has 0 saturated heterocycles. The molecule has 0 amide bonds. The van der Waals surface area contributed by atoms with Gasteiger partial charge in [-0.1, -0.05) is 23.2 Å². The molecule has 3 aromatic rings. The molecule has 2 aromatic heterocycles. The molecule has 0 aliphatic heterocycles. The Hall–Kier alpha value is -2.12. The van der Waals surface area contributed by atoms with Gasteiger partial charge < -0.3 is 10.6 Å². The number of hydrogen-bond acceptors (Lipinski definition) is 7. The van der Waals surface area contributed by atoms with Crippen LogP contribution in [0.5, 0.6) is 0 Å². The summed E-state index contributed by atoms with van der Waals surface area (Å²) in [7, 11) is 0. The highest BCUT2D eigenvalue weighted by atomic mass is 35.5. The molecular weight excluding hydrogens is 435 g/mol. The molecule has 0 spiro atoms. The molecule has 0 unspecified atom stereocenters. The summed E-state index contributed by atoms with van der Waals surface area (Å²) in [6.07, 6.45) is 8.20. The first-order chi connectivity index (χ1) is 15.0. The van der Waals surface area contributed by atoms with Crippen LogP contribution in [0, 0.1) is 23.2 Å². The van der Waals surface area contributed by atoms with Gasteiger partial charge in [-0.3, -0.25) is 0 Å². The molecule has 4 aliphatic carbocycles. The van der Waals surface area contributed by atoms with Crippen LogP contribution in [0.4, 0.5) is 17.3 Å². The summed E-state index contributed by atoms with van der Waals surface area (Å²) in [5, 5.41) is 15.7. The van der Waals surface area contributed by atoms with E-state index in [0.29, 0.717) is 38.4 Å². The molecule has 31 heavy (non-hydrogen) atoms. The van der Waals surface area contributed by atoms with Crippen molar-refractivity contribution in [1.29, 1.82) is 0 Å². The summed E-state index contributed by atoms with van der Waals surface area (Å²) < 4.78 is 4.85. The Bertz CT molecular complexity index is 1110. The van der Waals surface area contributed by atoms with Gasteiger partial charge in [-0.25, -0.2) is 14.6 Å². The third kappa shape index (κ3) is 3.42. The van der Waals surface area contributed by atoms with Crippen molar-refractivity contribution in [1.82, 2.24) is 20.3 Å². The van der Waals surface area contributed by atoms with E-state index in [-0.39, 0.29) is 6.04 Å². The normalized spacial score (nSPS) is 30.0. The summed E-state index contributed by atoms with van der Waals surface area (Å²) in [4.78, 5) is 9.28. The summed E-state index contributed by atoms with van der Waals surface area (Å²) in [5.74, 6) is 3.88. The lowest BCUT2D eigenvalue weighted by Crippen LogP contribution is -2.53. The first-order valence-electron chi connectivity index (χ1n) is 11.0. The van der Waals surface area contributed by atoms with Crippen molar-refractivity contribution < 1.29 is 4.63 Å². The maximum atomic E-state index is 6.20. The van der Waals surface area contributed by atoms with Gasteiger partial charge in [-0.15, -0.1) is 0 Å². The van der Waals surface area contributed by atoms with E-state index >= 15 is 0 Å². The number of halogens is 2. The number of anilines is 3. The van der Waals surface area contributed by atoms with Crippen molar-refractivity contribution >= 4 is 51.8 Å². The predicted molar refractivity (Wildman–Crippen MR) is 121 cm³/mol. The Morgan fingerprint density at radius 1 is 0.935 bits per heavy atom. The Balaban J connectivity index is 1.32. The van der Waals surface area contributed by atoms with Crippen molar-refractivity contribution in [3.05, 3.63) is 28.2 Å². The van der Waals surface area contributed by atoms with Crippen LogP contribution in [-0.2, 0) is 0 Å². The maximum absolute atomic E-state index is 6.20. The molecule has 1 aromatic carbocycles. The van der Waals surface area contributed by atoms with E-state index in [4.69, 9.17) is 27.8 Å². The van der Waals surface area contributed by atoms with Gasteiger partial charge in [-0.2, -0.15) is 0 Å². The first-order valence-corrected chi connectivity index (χ1v) is 11.7. The highest BCUT2D eigenvalue weighted by Gasteiger charge is 2.53. The molecule has 4 fully saturated rings. The zero-order valence-corrected chi connectivity index (χ0v) is 18.7. The van der Waals surface area contributed by atoms with E-state index in [9.17, 15) is 0 Å². The minimum absolute atomic E-state index is 0.280. The first kappa shape index (κ1) is 19.6. The monoisotopic (exact) mass is 458 g/mol. The van der Waals surface area contributed by atoms with Crippen molar-refractivity contribution in [3.63, 3.8) is 0 Å². The second-order valence-corrected chi connectivity index (χ2v) is 10.5. The standard InChI is InChI=1S/C22H24Cl2N6O/c1-11(22-8-12-4-13(9-22)6-14(5-12)10-22)25-18-19(28-21-20(27-18)29-31-30-21)26-15-2-3-16(23)17(24)7-15/h2-3,7,11-14H,4-6,8-10H2,1H3,(H,25,27,29)(H,26,28,30)/t11-,12?,13?,14?,22?/m0/s1. The summed E-state index contributed by atoms with van der Waals surface area (Å²) >= 11 is 12.3. The Labute approximate surface area is 190 Å². The quantitative estimate of drug-likeness (QED) is 0.478. The van der Waals surface area contributed by atoms with Crippen LogP contribution < -0.4 is 10.6 Å². The van der Waals surface area contributed by atoms with Crippen LogP contribution in [0.3, 0.4) is 0 Å². The van der Waals surface area contributed by atoms with Gasteiger partial charge in [0.2, 0.25) is 11.3 Å². The molecule has 0 radical (unpaired) electrons. The smallest absolute Gasteiger partial charge is 0.245 e. The molecule has 7 rings (SSSR count). The van der Waals surface area contributed by atoms with Gasteiger partial charge >= 0.3 is 0 Å². The van der Waals surface area contributed by atoms with Crippen LogP contribution in [-0.4, -0.2) is 26.3 Å². The zero-order chi connectivity index (χ0) is 21.2. The average molecular weight is 459 g/mol. The van der Waals surface area contributed by atoms with Crippen molar-refractivity contribution in [2.75, 3.05) is 10.6 Å². The molecular formula is C22H24Cl2N6O. The fraction of sp³-hybridized carbons (Fsp3) is 0.545. The number of hydrogen-bond donors (Lipinski definition) is 2. The molecule has 7 nitrogen and oxygen atoms in total. The molecule has 4 saturated carbocycles. The molecule has 1 atom stereocenters. The molecule has 2 N–H and O–H groups in total.